The Morgan fingerprint density at radius 3 is 2.60 bits per heavy atom. The van der Waals surface area contributed by atoms with Crippen LogP contribution in [-0.4, -0.2) is 45.8 Å². The van der Waals surface area contributed by atoms with Crippen LogP contribution in [0.5, 0.6) is 0 Å². The Morgan fingerprint density at radius 2 is 2.04 bits per heavy atom. The molecule has 0 spiro atoms. The number of halogens is 4. The molecule has 1 N–H and O–H groups in total. The Balaban J connectivity index is 1.64. The van der Waals surface area contributed by atoms with Gasteiger partial charge in [-0.05, 0) is 37.6 Å². The Bertz CT molecular complexity index is 763. The first kappa shape index (κ1) is 17.5. The number of rotatable bonds is 4. The van der Waals surface area contributed by atoms with Crippen molar-refractivity contribution >= 4 is 23.5 Å². The fourth-order valence-corrected chi connectivity index (χ4v) is 2.60. The van der Waals surface area contributed by atoms with Gasteiger partial charge < -0.3 is 14.6 Å². The molecule has 1 aliphatic rings. The van der Waals surface area contributed by atoms with Crippen molar-refractivity contribution in [2.45, 2.75) is 31.6 Å². The van der Waals surface area contributed by atoms with Crippen LogP contribution in [0.3, 0.4) is 0 Å². The Kier molecular flexibility index (Phi) is 4.59. The van der Waals surface area contributed by atoms with Gasteiger partial charge in [0.2, 0.25) is 11.8 Å². The summed E-state index contributed by atoms with van der Waals surface area (Å²) in [5.41, 5.74) is 0.629. The number of amides is 1. The summed E-state index contributed by atoms with van der Waals surface area (Å²) in [7, 11) is 0. The van der Waals surface area contributed by atoms with Crippen molar-refractivity contribution in [3.63, 3.8) is 0 Å². The van der Waals surface area contributed by atoms with E-state index in [9.17, 15) is 18.0 Å². The molecule has 3 rings (SSSR count). The van der Waals surface area contributed by atoms with Gasteiger partial charge >= 0.3 is 12.2 Å². The van der Waals surface area contributed by atoms with Crippen molar-refractivity contribution < 1.29 is 22.4 Å². The SMILES string of the molecule is C[C@@H](Nc1nnc(-c2ccc(Cl)cc2)o1)C(=O)N1CC[C@@H]1C(F)(F)F. The van der Waals surface area contributed by atoms with Crippen LogP contribution in [0.2, 0.25) is 5.02 Å². The molecule has 0 saturated carbocycles. The molecule has 2 atom stereocenters. The highest BCUT2D eigenvalue weighted by Crippen LogP contribution is 2.34. The molecule has 0 unspecified atom stereocenters. The Hall–Kier alpha value is -2.29. The van der Waals surface area contributed by atoms with Crippen molar-refractivity contribution in [2.75, 3.05) is 11.9 Å². The van der Waals surface area contributed by atoms with E-state index in [0.717, 1.165) is 4.90 Å². The lowest BCUT2D eigenvalue weighted by atomic mass is 10.0. The van der Waals surface area contributed by atoms with Gasteiger partial charge in [0.25, 0.3) is 0 Å². The normalized spacial score (nSPS) is 18.6. The van der Waals surface area contributed by atoms with Crippen molar-refractivity contribution in [3.8, 4) is 11.5 Å². The highest BCUT2D eigenvalue weighted by atomic mass is 35.5. The zero-order valence-electron chi connectivity index (χ0n) is 13.0. The molecule has 2 aromatic rings. The molecule has 0 radical (unpaired) electrons. The first-order valence-corrected chi connectivity index (χ1v) is 7.86. The molecule has 1 aromatic carbocycles. The molecule has 10 heteroatoms. The van der Waals surface area contributed by atoms with Gasteiger partial charge in [-0.2, -0.15) is 13.2 Å². The number of aromatic nitrogens is 2. The first-order chi connectivity index (χ1) is 11.8. The van der Waals surface area contributed by atoms with E-state index in [2.05, 4.69) is 15.5 Å². The van der Waals surface area contributed by atoms with E-state index in [1.54, 1.807) is 24.3 Å². The van der Waals surface area contributed by atoms with Crippen LogP contribution in [0.25, 0.3) is 11.5 Å². The predicted octanol–water partition coefficient (Wildman–Crippen LogP) is 3.35. The van der Waals surface area contributed by atoms with Gasteiger partial charge in [0, 0.05) is 17.1 Å². The maximum atomic E-state index is 12.8. The van der Waals surface area contributed by atoms with E-state index in [1.807, 2.05) is 0 Å². The third kappa shape index (κ3) is 3.71. The molecule has 1 fully saturated rings. The molecule has 2 heterocycles. The highest BCUT2D eigenvalue weighted by Gasteiger charge is 2.51. The van der Waals surface area contributed by atoms with Crippen LogP contribution < -0.4 is 5.32 Å². The van der Waals surface area contributed by atoms with Gasteiger partial charge in [0.15, 0.2) is 0 Å². The van der Waals surface area contributed by atoms with Gasteiger partial charge in [0.05, 0.1) is 0 Å². The number of hydrogen-bond acceptors (Lipinski definition) is 5. The third-order valence-electron chi connectivity index (χ3n) is 3.91. The molecule has 1 amide bonds. The second kappa shape index (κ2) is 6.55. The summed E-state index contributed by atoms with van der Waals surface area (Å²) in [6.07, 6.45) is -4.50. The number of likely N-dealkylation sites (tertiary alicyclic amines) is 1. The summed E-state index contributed by atoms with van der Waals surface area (Å²) >= 11 is 5.80. The fraction of sp³-hybridized carbons (Fsp3) is 0.400. The number of carbonyl (C=O) groups excluding carboxylic acids is 1. The Labute approximate surface area is 146 Å². The number of nitrogens with one attached hydrogen (secondary N) is 1. The van der Waals surface area contributed by atoms with Gasteiger partial charge in [-0.3, -0.25) is 4.79 Å². The van der Waals surface area contributed by atoms with E-state index < -0.39 is 24.2 Å². The summed E-state index contributed by atoms with van der Waals surface area (Å²) < 4.78 is 43.7. The largest absolute Gasteiger partial charge is 0.408 e. The average Bonchev–Trinajstić information content (AvgIpc) is 2.93. The van der Waals surface area contributed by atoms with E-state index in [0.29, 0.717) is 10.6 Å². The van der Waals surface area contributed by atoms with E-state index in [1.165, 1.54) is 6.92 Å². The summed E-state index contributed by atoms with van der Waals surface area (Å²) in [6.45, 7) is 1.52. The van der Waals surface area contributed by atoms with Crippen LogP contribution in [0.15, 0.2) is 28.7 Å². The van der Waals surface area contributed by atoms with E-state index >= 15 is 0 Å². The average molecular weight is 375 g/mol. The van der Waals surface area contributed by atoms with Crippen LogP contribution in [0, 0.1) is 0 Å². The molecule has 134 valence electrons. The molecule has 1 saturated heterocycles. The van der Waals surface area contributed by atoms with Crippen LogP contribution in [0.1, 0.15) is 13.3 Å². The lowest BCUT2D eigenvalue weighted by Gasteiger charge is -2.42. The lowest BCUT2D eigenvalue weighted by molar-refractivity contribution is -0.212. The van der Waals surface area contributed by atoms with Crippen molar-refractivity contribution in [3.05, 3.63) is 29.3 Å². The molecule has 0 aliphatic carbocycles. The number of alkyl halides is 3. The zero-order chi connectivity index (χ0) is 18.2. The maximum Gasteiger partial charge on any atom is 0.408 e. The summed E-state index contributed by atoms with van der Waals surface area (Å²) in [5.74, 6) is -0.462. The van der Waals surface area contributed by atoms with Gasteiger partial charge in [0.1, 0.15) is 12.1 Å². The van der Waals surface area contributed by atoms with Crippen molar-refractivity contribution in [2.24, 2.45) is 0 Å². The third-order valence-corrected chi connectivity index (χ3v) is 4.16. The van der Waals surface area contributed by atoms with Crippen LogP contribution >= 0.6 is 11.6 Å². The number of nitrogens with zero attached hydrogens (tertiary/aromatic N) is 3. The molecular formula is C15H14ClF3N4O2. The Morgan fingerprint density at radius 1 is 1.36 bits per heavy atom. The van der Waals surface area contributed by atoms with E-state index in [4.69, 9.17) is 16.0 Å². The number of anilines is 1. The lowest BCUT2D eigenvalue weighted by Crippen LogP contribution is -2.60. The minimum atomic E-state index is -4.42. The standard InChI is InChI=1S/C15H14ClF3N4O2/c1-8(13(24)23-7-6-11(23)15(17,18)19)20-14-22-21-12(25-14)9-2-4-10(16)5-3-9/h2-5,8,11H,6-7H2,1H3,(H,20,22)/t8-,11-/m1/s1. The smallest absolute Gasteiger partial charge is 0.403 e. The first-order valence-electron chi connectivity index (χ1n) is 7.49. The molecule has 0 bridgehead atoms. The van der Waals surface area contributed by atoms with Crippen LogP contribution in [0.4, 0.5) is 19.2 Å². The summed E-state index contributed by atoms with van der Waals surface area (Å²) in [6, 6.07) is 3.98. The quantitative estimate of drug-likeness (QED) is 0.888. The number of hydrogen-bond donors (Lipinski definition) is 1. The van der Waals surface area contributed by atoms with E-state index in [-0.39, 0.29) is 24.9 Å². The van der Waals surface area contributed by atoms with Gasteiger partial charge in [-0.15, -0.1) is 5.10 Å². The maximum absolute atomic E-state index is 12.8. The van der Waals surface area contributed by atoms with Gasteiger partial charge in [-0.1, -0.05) is 16.7 Å². The van der Waals surface area contributed by atoms with Crippen molar-refractivity contribution in [1.29, 1.82) is 0 Å². The fourth-order valence-electron chi connectivity index (χ4n) is 2.48. The van der Waals surface area contributed by atoms with Gasteiger partial charge in [-0.25, -0.2) is 0 Å². The molecule has 6 nitrogen and oxygen atoms in total. The molecule has 25 heavy (non-hydrogen) atoms. The molecule has 1 aliphatic heterocycles. The zero-order valence-corrected chi connectivity index (χ0v) is 13.8. The summed E-state index contributed by atoms with van der Waals surface area (Å²) in [5, 5.41) is 10.8. The van der Waals surface area contributed by atoms with Crippen LogP contribution in [-0.2, 0) is 4.79 Å². The second-order valence-corrected chi connectivity index (χ2v) is 6.10. The summed E-state index contributed by atoms with van der Waals surface area (Å²) in [4.78, 5) is 13.0. The molecular weight excluding hydrogens is 361 g/mol. The van der Waals surface area contributed by atoms with Crippen molar-refractivity contribution in [1.82, 2.24) is 15.1 Å². The monoisotopic (exact) mass is 374 g/mol. The minimum absolute atomic E-state index is 0.0464. The topological polar surface area (TPSA) is 71.3 Å². The molecule has 1 aromatic heterocycles. The predicted molar refractivity (Wildman–Crippen MR) is 84.0 cm³/mol. The number of benzene rings is 1. The highest BCUT2D eigenvalue weighted by molar-refractivity contribution is 6.30. The number of carbonyl (C=O) groups is 1. The second-order valence-electron chi connectivity index (χ2n) is 5.66. The minimum Gasteiger partial charge on any atom is -0.403 e.